The molecule has 2 N–H and O–H groups in total. The second-order valence-electron chi connectivity index (χ2n) is 6.43. The average Bonchev–Trinajstić information content (AvgIpc) is 2.66. The van der Waals surface area contributed by atoms with Crippen molar-refractivity contribution in [2.45, 2.75) is 33.3 Å². The summed E-state index contributed by atoms with van der Waals surface area (Å²) in [4.78, 5) is 23.8. The van der Waals surface area contributed by atoms with Gasteiger partial charge in [-0.15, -0.1) is 0 Å². The highest BCUT2D eigenvalue weighted by Gasteiger charge is 2.14. The van der Waals surface area contributed by atoms with Crippen LogP contribution in [0.3, 0.4) is 0 Å². The number of amides is 2. The molecule has 2 aromatic carbocycles. The number of para-hydroxylation sites is 1. The second-order valence-corrected chi connectivity index (χ2v) is 7.28. The topological polar surface area (TPSA) is 89.0 Å². The summed E-state index contributed by atoms with van der Waals surface area (Å²) in [5, 5.41) is 6.19. The molecule has 2 aromatic rings. The first-order valence-electron chi connectivity index (χ1n) is 9.29. The van der Waals surface area contributed by atoms with Crippen molar-refractivity contribution in [2.75, 3.05) is 11.9 Å². The van der Waals surface area contributed by atoms with Crippen molar-refractivity contribution in [3.05, 3.63) is 52.3 Å². The molecule has 0 aliphatic heterocycles. The molecule has 7 nitrogen and oxygen atoms in total. The van der Waals surface area contributed by atoms with Crippen LogP contribution in [0.5, 0.6) is 11.5 Å². The van der Waals surface area contributed by atoms with E-state index >= 15 is 0 Å². The zero-order valence-corrected chi connectivity index (χ0v) is 18.5. The molecule has 0 radical (unpaired) electrons. The van der Waals surface area contributed by atoms with Gasteiger partial charge in [0.05, 0.1) is 29.1 Å². The molecule has 0 aromatic heterocycles. The van der Waals surface area contributed by atoms with E-state index in [2.05, 4.69) is 31.8 Å². The largest absolute Gasteiger partial charge is 0.490 e. The number of rotatable bonds is 9. The molecule has 2 amide bonds. The van der Waals surface area contributed by atoms with Crippen molar-refractivity contribution < 1.29 is 23.5 Å². The van der Waals surface area contributed by atoms with Crippen LogP contribution in [0.2, 0.25) is 0 Å². The van der Waals surface area contributed by atoms with Crippen LogP contribution in [0.1, 0.15) is 32.8 Å². The Kier molecular flexibility index (Phi) is 8.79. The molecule has 0 spiro atoms. The summed E-state index contributed by atoms with van der Waals surface area (Å²) < 4.78 is 25.6. The second kappa shape index (κ2) is 11.3. The molecular weight excluding hydrogens is 457 g/mol. The van der Waals surface area contributed by atoms with Crippen LogP contribution < -0.4 is 20.2 Å². The Balaban J connectivity index is 1.97. The van der Waals surface area contributed by atoms with Gasteiger partial charge in [0.15, 0.2) is 11.5 Å². The van der Waals surface area contributed by atoms with Crippen LogP contribution in [0, 0.1) is 5.82 Å². The third kappa shape index (κ3) is 7.14. The maximum Gasteiger partial charge on any atom is 0.249 e. The summed E-state index contributed by atoms with van der Waals surface area (Å²) in [5.74, 6) is -0.742. The highest BCUT2D eigenvalue weighted by molar-refractivity contribution is 9.10. The SMILES string of the molecule is CCOc1cc(C=NNC(=O)CC(=O)Nc2ccccc2F)cc(Br)c1OC(C)C. The third-order valence-electron chi connectivity index (χ3n) is 3.56. The molecule has 9 heteroatoms. The molecule has 0 fully saturated rings. The Labute approximate surface area is 182 Å². The number of nitrogens with zero attached hydrogens (tertiary/aromatic N) is 1. The van der Waals surface area contributed by atoms with Crippen molar-refractivity contribution >= 4 is 39.6 Å². The number of hydrazone groups is 1. The van der Waals surface area contributed by atoms with Crippen LogP contribution >= 0.6 is 15.9 Å². The number of hydrogen-bond acceptors (Lipinski definition) is 5. The zero-order valence-electron chi connectivity index (χ0n) is 16.9. The predicted octanol–water partition coefficient (Wildman–Crippen LogP) is 4.25. The molecule has 0 unspecified atom stereocenters. The van der Waals surface area contributed by atoms with Crippen LogP contribution in [0.15, 0.2) is 46.0 Å². The highest BCUT2D eigenvalue weighted by atomic mass is 79.9. The minimum Gasteiger partial charge on any atom is -0.490 e. The zero-order chi connectivity index (χ0) is 22.1. The lowest BCUT2D eigenvalue weighted by molar-refractivity contribution is -0.126. The molecule has 160 valence electrons. The molecule has 0 aliphatic carbocycles. The lowest BCUT2D eigenvalue weighted by Crippen LogP contribution is -2.24. The first kappa shape index (κ1) is 23.3. The number of nitrogens with one attached hydrogen (secondary N) is 2. The third-order valence-corrected chi connectivity index (χ3v) is 4.15. The molecule has 0 atom stereocenters. The normalized spacial score (nSPS) is 10.9. The van der Waals surface area contributed by atoms with Gasteiger partial charge in [-0.2, -0.15) is 5.10 Å². The predicted molar refractivity (Wildman–Crippen MR) is 116 cm³/mol. The van der Waals surface area contributed by atoms with Gasteiger partial charge < -0.3 is 14.8 Å². The smallest absolute Gasteiger partial charge is 0.249 e. The first-order chi connectivity index (χ1) is 14.3. The minimum absolute atomic E-state index is 0.0100. The van der Waals surface area contributed by atoms with Crippen LogP contribution in [0.25, 0.3) is 0 Å². The molecular formula is C21H23BrFN3O4. The fraction of sp³-hybridized carbons (Fsp3) is 0.286. The monoisotopic (exact) mass is 479 g/mol. The van der Waals surface area contributed by atoms with Gasteiger partial charge in [-0.05, 0) is 66.5 Å². The number of benzene rings is 2. The van der Waals surface area contributed by atoms with Gasteiger partial charge in [-0.25, -0.2) is 9.82 Å². The van der Waals surface area contributed by atoms with Crippen molar-refractivity contribution in [2.24, 2.45) is 5.10 Å². The summed E-state index contributed by atoms with van der Waals surface area (Å²) in [5.41, 5.74) is 2.93. The van der Waals surface area contributed by atoms with Gasteiger partial charge in [-0.1, -0.05) is 12.1 Å². The van der Waals surface area contributed by atoms with E-state index in [1.165, 1.54) is 24.4 Å². The van der Waals surface area contributed by atoms with Gasteiger partial charge in [0.1, 0.15) is 12.2 Å². The van der Waals surface area contributed by atoms with Crippen molar-refractivity contribution in [3.8, 4) is 11.5 Å². The van der Waals surface area contributed by atoms with Crippen molar-refractivity contribution in [1.29, 1.82) is 0 Å². The van der Waals surface area contributed by atoms with Crippen molar-refractivity contribution in [1.82, 2.24) is 5.43 Å². The van der Waals surface area contributed by atoms with E-state index in [4.69, 9.17) is 9.47 Å². The number of hydrogen-bond donors (Lipinski definition) is 2. The maximum absolute atomic E-state index is 13.5. The van der Waals surface area contributed by atoms with Crippen LogP contribution in [-0.4, -0.2) is 30.7 Å². The summed E-state index contributed by atoms with van der Waals surface area (Å²) in [7, 11) is 0. The Morgan fingerprint density at radius 1 is 1.23 bits per heavy atom. The number of carbonyl (C=O) groups is 2. The van der Waals surface area contributed by atoms with Crippen LogP contribution in [0.4, 0.5) is 10.1 Å². The van der Waals surface area contributed by atoms with E-state index in [0.717, 1.165) is 0 Å². The van der Waals surface area contributed by atoms with Gasteiger partial charge >= 0.3 is 0 Å². The molecule has 0 saturated carbocycles. The van der Waals surface area contributed by atoms with Crippen LogP contribution in [-0.2, 0) is 9.59 Å². The van der Waals surface area contributed by atoms with E-state index < -0.39 is 24.1 Å². The number of carbonyl (C=O) groups excluding carboxylic acids is 2. The van der Waals surface area contributed by atoms with Gasteiger partial charge in [0.25, 0.3) is 0 Å². The quantitative estimate of drug-likeness (QED) is 0.319. The van der Waals surface area contributed by atoms with E-state index in [-0.39, 0.29) is 11.8 Å². The van der Waals surface area contributed by atoms with Gasteiger partial charge in [-0.3, -0.25) is 9.59 Å². The molecule has 0 heterocycles. The first-order valence-corrected chi connectivity index (χ1v) is 10.1. The summed E-state index contributed by atoms with van der Waals surface area (Å²) in [6.45, 7) is 6.14. The van der Waals surface area contributed by atoms with E-state index in [0.29, 0.717) is 28.1 Å². The van der Waals surface area contributed by atoms with Gasteiger partial charge in [0, 0.05) is 0 Å². The standard InChI is InChI=1S/C21H23BrFN3O4/c1-4-29-18-10-14(9-15(22)21(18)30-13(2)3)12-24-26-20(28)11-19(27)25-17-8-6-5-7-16(17)23/h5-10,12-13H,4,11H2,1-3H3,(H,25,27)(H,26,28). The molecule has 0 aliphatic rings. The molecule has 0 saturated heterocycles. The lowest BCUT2D eigenvalue weighted by Gasteiger charge is -2.16. The minimum atomic E-state index is -0.649. The van der Waals surface area contributed by atoms with E-state index in [9.17, 15) is 14.0 Å². The Hall–Kier alpha value is -2.94. The number of halogens is 2. The van der Waals surface area contributed by atoms with E-state index in [1.807, 2.05) is 20.8 Å². The molecule has 30 heavy (non-hydrogen) atoms. The fourth-order valence-corrected chi connectivity index (χ4v) is 2.95. The Morgan fingerprint density at radius 2 is 1.97 bits per heavy atom. The number of anilines is 1. The van der Waals surface area contributed by atoms with Crippen molar-refractivity contribution in [3.63, 3.8) is 0 Å². The fourth-order valence-electron chi connectivity index (χ4n) is 2.40. The van der Waals surface area contributed by atoms with E-state index in [1.54, 1.807) is 18.2 Å². The summed E-state index contributed by atoms with van der Waals surface area (Å²) >= 11 is 3.45. The average molecular weight is 480 g/mol. The van der Waals surface area contributed by atoms with Gasteiger partial charge in [0.2, 0.25) is 11.8 Å². The Morgan fingerprint density at radius 3 is 2.63 bits per heavy atom. The Bertz CT molecular complexity index is 934. The lowest BCUT2D eigenvalue weighted by atomic mass is 10.2. The molecule has 2 rings (SSSR count). The highest BCUT2D eigenvalue weighted by Crippen LogP contribution is 2.37. The summed E-state index contributed by atoms with van der Waals surface area (Å²) in [6.07, 6.45) is 0.884. The maximum atomic E-state index is 13.5. The molecule has 0 bridgehead atoms. The summed E-state index contributed by atoms with van der Waals surface area (Å²) in [6, 6.07) is 9.20. The number of ether oxygens (including phenoxy) is 2.